The molecule has 0 bridgehead atoms. The second-order valence-corrected chi connectivity index (χ2v) is 6.84. The standard InChI is InChI=1S/C19H29NO/c1-4-11-20-19(18-16-7-5-6-8-17(16)18)15-10-9-14(21-3)12-13(15)2/h9-10,12,16-20H,4-8,11H2,1-3H3. The summed E-state index contributed by atoms with van der Waals surface area (Å²) in [5, 5.41) is 3.84. The van der Waals surface area contributed by atoms with E-state index in [1.807, 2.05) is 0 Å². The van der Waals surface area contributed by atoms with Crippen LogP contribution in [0.2, 0.25) is 0 Å². The van der Waals surface area contributed by atoms with Gasteiger partial charge in [0.05, 0.1) is 7.11 Å². The van der Waals surface area contributed by atoms with Crippen LogP contribution in [0.15, 0.2) is 18.2 Å². The zero-order chi connectivity index (χ0) is 14.8. The van der Waals surface area contributed by atoms with Crippen LogP contribution in [0, 0.1) is 24.7 Å². The highest BCUT2D eigenvalue weighted by Crippen LogP contribution is 2.60. The normalized spacial score (nSPS) is 28.8. The quantitative estimate of drug-likeness (QED) is 0.833. The maximum atomic E-state index is 5.36. The molecular weight excluding hydrogens is 258 g/mol. The summed E-state index contributed by atoms with van der Waals surface area (Å²) in [6.07, 6.45) is 7.00. The molecule has 3 unspecified atom stereocenters. The van der Waals surface area contributed by atoms with Gasteiger partial charge < -0.3 is 10.1 Å². The average Bonchev–Trinajstić information content (AvgIpc) is 3.23. The van der Waals surface area contributed by atoms with Crippen molar-refractivity contribution in [2.24, 2.45) is 17.8 Å². The van der Waals surface area contributed by atoms with Crippen LogP contribution in [0.3, 0.4) is 0 Å². The predicted octanol–water partition coefficient (Wildman–Crippen LogP) is 4.48. The lowest BCUT2D eigenvalue weighted by atomic mass is 9.95. The molecule has 116 valence electrons. The van der Waals surface area contributed by atoms with Gasteiger partial charge >= 0.3 is 0 Å². The number of benzene rings is 1. The maximum absolute atomic E-state index is 5.36. The van der Waals surface area contributed by atoms with Crippen LogP contribution in [-0.2, 0) is 0 Å². The lowest BCUT2D eigenvalue weighted by Crippen LogP contribution is -2.25. The van der Waals surface area contributed by atoms with Crippen molar-refractivity contribution in [2.75, 3.05) is 13.7 Å². The smallest absolute Gasteiger partial charge is 0.119 e. The molecule has 21 heavy (non-hydrogen) atoms. The Morgan fingerprint density at radius 1 is 1.24 bits per heavy atom. The lowest BCUT2D eigenvalue weighted by molar-refractivity contribution is 0.412. The van der Waals surface area contributed by atoms with Gasteiger partial charge in [0.2, 0.25) is 0 Å². The number of ether oxygens (including phenoxy) is 1. The molecule has 1 aromatic rings. The molecule has 0 spiro atoms. The summed E-state index contributed by atoms with van der Waals surface area (Å²) in [4.78, 5) is 0. The molecule has 1 aromatic carbocycles. The molecule has 2 aliphatic carbocycles. The van der Waals surface area contributed by atoms with Crippen LogP contribution < -0.4 is 10.1 Å². The maximum Gasteiger partial charge on any atom is 0.119 e. The van der Waals surface area contributed by atoms with Crippen LogP contribution in [0.4, 0.5) is 0 Å². The van der Waals surface area contributed by atoms with Crippen LogP contribution in [-0.4, -0.2) is 13.7 Å². The van der Waals surface area contributed by atoms with E-state index in [-0.39, 0.29) is 0 Å². The summed E-state index contributed by atoms with van der Waals surface area (Å²) in [7, 11) is 1.75. The van der Waals surface area contributed by atoms with Crippen molar-refractivity contribution in [2.45, 2.75) is 52.0 Å². The molecule has 1 N–H and O–H groups in total. The SMILES string of the molecule is CCCNC(c1ccc(OC)cc1C)C1C2CCCCC21. The van der Waals surface area contributed by atoms with Gasteiger partial charge in [-0.25, -0.2) is 0 Å². The molecule has 0 saturated heterocycles. The Bertz CT molecular complexity index is 472. The van der Waals surface area contributed by atoms with Gasteiger partial charge in [0.25, 0.3) is 0 Å². The van der Waals surface area contributed by atoms with Crippen molar-refractivity contribution < 1.29 is 4.74 Å². The number of methoxy groups -OCH3 is 1. The summed E-state index contributed by atoms with van der Waals surface area (Å²) >= 11 is 0. The zero-order valence-corrected chi connectivity index (χ0v) is 13.7. The Kier molecular flexibility index (Phi) is 4.54. The molecule has 2 nitrogen and oxygen atoms in total. The lowest BCUT2D eigenvalue weighted by Gasteiger charge is -2.22. The van der Waals surface area contributed by atoms with E-state index in [1.165, 1.54) is 43.2 Å². The first-order chi connectivity index (χ1) is 10.3. The van der Waals surface area contributed by atoms with Gasteiger partial charge in [-0.2, -0.15) is 0 Å². The third kappa shape index (κ3) is 2.96. The van der Waals surface area contributed by atoms with Crippen molar-refractivity contribution in [1.82, 2.24) is 5.32 Å². The first-order valence-corrected chi connectivity index (χ1v) is 8.64. The van der Waals surface area contributed by atoms with Gasteiger partial charge in [-0.15, -0.1) is 0 Å². The Balaban J connectivity index is 1.82. The first-order valence-electron chi connectivity index (χ1n) is 8.64. The number of rotatable bonds is 6. The number of aryl methyl sites for hydroxylation is 1. The number of nitrogens with one attached hydrogen (secondary N) is 1. The second kappa shape index (κ2) is 6.39. The monoisotopic (exact) mass is 287 g/mol. The van der Waals surface area contributed by atoms with Gasteiger partial charge in [0, 0.05) is 6.04 Å². The van der Waals surface area contributed by atoms with E-state index < -0.39 is 0 Å². The van der Waals surface area contributed by atoms with E-state index in [9.17, 15) is 0 Å². The van der Waals surface area contributed by atoms with Crippen LogP contribution in [0.5, 0.6) is 5.75 Å². The van der Waals surface area contributed by atoms with Crippen LogP contribution in [0.25, 0.3) is 0 Å². The van der Waals surface area contributed by atoms with E-state index in [1.54, 1.807) is 7.11 Å². The molecule has 0 amide bonds. The summed E-state index contributed by atoms with van der Waals surface area (Å²) in [5.41, 5.74) is 2.86. The van der Waals surface area contributed by atoms with E-state index in [2.05, 4.69) is 37.4 Å². The Morgan fingerprint density at radius 3 is 2.52 bits per heavy atom. The molecule has 0 radical (unpaired) electrons. The molecule has 3 atom stereocenters. The fourth-order valence-electron chi connectivity index (χ4n) is 4.42. The van der Waals surface area contributed by atoms with E-state index in [0.717, 1.165) is 30.0 Å². The predicted molar refractivity (Wildman–Crippen MR) is 87.7 cm³/mol. The van der Waals surface area contributed by atoms with Gasteiger partial charge in [-0.3, -0.25) is 0 Å². The minimum Gasteiger partial charge on any atom is -0.497 e. The fourth-order valence-corrected chi connectivity index (χ4v) is 4.42. The largest absolute Gasteiger partial charge is 0.497 e. The molecular formula is C19H29NO. The molecule has 2 fully saturated rings. The third-order valence-corrected chi connectivity index (χ3v) is 5.53. The van der Waals surface area contributed by atoms with Crippen LogP contribution in [0.1, 0.15) is 56.2 Å². The fraction of sp³-hybridized carbons (Fsp3) is 0.684. The number of hydrogen-bond acceptors (Lipinski definition) is 2. The van der Waals surface area contributed by atoms with Crippen molar-refractivity contribution in [3.63, 3.8) is 0 Å². The van der Waals surface area contributed by atoms with Gasteiger partial charge in [-0.05, 0) is 73.7 Å². The highest BCUT2D eigenvalue weighted by Gasteiger charge is 2.54. The molecule has 2 heteroatoms. The molecule has 2 saturated carbocycles. The van der Waals surface area contributed by atoms with Crippen LogP contribution >= 0.6 is 0 Å². The summed E-state index contributed by atoms with van der Waals surface area (Å²) in [6, 6.07) is 7.13. The van der Waals surface area contributed by atoms with E-state index in [4.69, 9.17) is 4.74 Å². The first kappa shape index (κ1) is 14.9. The minimum absolute atomic E-state index is 0.545. The number of fused-ring (bicyclic) bond motifs is 1. The molecule has 3 rings (SSSR count). The molecule has 2 aliphatic rings. The summed E-state index contributed by atoms with van der Waals surface area (Å²) < 4.78 is 5.36. The topological polar surface area (TPSA) is 21.3 Å². The van der Waals surface area contributed by atoms with Gasteiger partial charge in [-0.1, -0.05) is 25.8 Å². The minimum atomic E-state index is 0.545. The molecule has 0 heterocycles. The van der Waals surface area contributed by atoms with Crippen molar-refractivity contribution in [1.29, 1.82) is 0 Å². The van der Waals surface area contributed by atoms with Crippen molar-refractivity contribution in [3.8, 4) is 5.75 Å². The highest BCUT2D eigenvalue weighted by molar-refractivity contribution is 5.38. The van der Waals surface area contributed by atoms with E-state index in [0.29, 0.717) is 6.04 Å². The third-order valence-electron chi connectivity index (χ3n) is 5.53. The molecule has 0 aromatic heterocycles. The van der Waals surface area contributed by atoms with E-state index >= 15 is 0 Å². The Labute approximate surface area is 129 Å². The Morgan fingerprint density at radius 2 is 1.95 bits per heavy atom. The average molecular weight is 287 g/mol. The zero-order valence-electron chi connectivity index (χ0n) is 13.7. The Hall–Kier alpha value is -1.02. The van der Waals surface area contributed by atoms with Crippen molar-refractivity contribution in [3.05, 3.63) is 29.3 Å². The second-order valence-electron chi connectivity index (χ2n) is 6.84. The molecule has 0 aliphatic heterocycles. The van der Waals surface area contributed by atoms with Gasteiger partial charge in [0.15, 0.2) is 0 Å². The van der Waals surface area contributed by atoms with Crippen molar-refractivity contribution >= 4 is 0 Å². The number of hydrogen-bond donors (Lipinski definition) is 1. The highest BCUT2D eigenvalue weighted by atomic mass is 16.5. The summed E-state index contributed by atoms with van der Waals surface area (Å²) in [6.45, 7) is 5.60. The van der Waals surface area contributed by atoms with Gasteiger partial charge in [0.1, 0.15) is 5.75 Å². The summed E-state index contributed by atoms with van der Waals surface area (Å²) in [5.74, 6) is 3.80.